The van der Waals surface area contributed by atoms with E-state index in [9.17, 15) is 0 Å². The zero-order valence-electron chi connectivity index (χ0n) is 13.1. The monoisotopic (exact) mass is 263 g/mol. The number of nitrogens with zero attached hydrogens (tertiary/aromatic N) is 2. The van der Waals surface area contributed by atoms with Gasteiger partial charge in [-0.1, -0.05) is 26.8 Å². The largest absolute Gasteiger partial charge is 0.316 e. The second-order valence-electron chi connectivity index (χ2n) is 6.05. The zero-order valence-corrected chi connectivity index (χ0v) is 13.1. The van der Waals surface area contributed by atoms with Crippen LogP contribution in [0.2, 0.25) is 0 Å². The summed E-state index contributed by atoms with van der Waals surface area (Å²) >= 11 is 0. The third-order valence-corrected chi connectivity index (χ3v) is 3.69. The molecule has 0 bridgehead atoms. The lowest BCUT2D eigenvalue weighted by Gasteiger charge is -2.30. The summed E-state index contributed by atoms with van der Waals surface area (Å²) in [6.45, 7) is 12.3. The van der Waals surface area contributed by atoms with E-state index < -0.39 is 0 Å². The fourth-order valence-corrected chi connectivity index (χ4v) is 2.13. The zero-order chi connectivity index (χ0) is 14.3. The van der Waals surface area contributed by atoms with Crippen LogP contribution in [0.3, 0.4) is 0 Å². The minimum atomic E-state index is 0.555. The molecule has 1 N–H and O–H groups in total. The lowest BCUT2D eigenvalue weighted by Crippen LogP contribution is -2.39. The van der Waals surface area contributed by atoms with Crippen LogP contribution >= 0.6 is 0 Å². The number of pyridine rings is 1. The highest BCUT2D eigenvalue weighted by Crippen LogP contribution is 2.12. The molecule has 1 heterocycles. The van der Waals surface area contributed by atoms with Crippen molar-refractivity contribution in [2.24, 2.45) is 11.8 Å². The van der Waals surface area contributed by atoms with Gasteiger partial charge in [0, 0.05) is 25.0 Å². The van der Waals surface area contributed by atoms with Gasteiger partial charge in [-0.2, -0.15) is 0 Å². The van der Waals surface area contributed by atoms with Gasteiger partial charge in [0.25, 0.3) is 0 Å². The third kappa shape index (κ3) is 6.17. The molecule has 1 aromatic heterocycles. The molecule has 3 nitrogen and oxygen atoms in total. The van der Waals surface area contributed by atoms with Gasteiger partial charge >= 0.3 is 0 Å². The van der Waals surface area contributed by atoms with Crippen LogP contribution in [-0.4, -0.2) is 36.1 Å². The summed E-state index contributed by atoms with van der Waals surface area (Å²) < 4.78 is 0. The summed E-state index contributed by atoms with van der Waals surface area (Å²) in [5.74, 6) is 1.36. The minimum absolute atomic E-state index is 0.555. The van der Waals surface area contributed by atoms with Gasteiger partial charge in [-0.25, -0.2) is 0 Å². The first-order valence-electron chi connectivity index (χ1n) is 7.30. The van der Waals surface area contributed by atoms with Gasteiger partial charge in [-0.3, -0.25) is 9.88 Å². The Morgan fingerprint density at radius 2 is 1.95 bits per heavy atom. The maximum atomic E-state index is 4.17. The Labute approximate surface area is 118 Å². The van der Waals surface area contributed by atoms with E-state index in [1.807, 2.05) is 18.5 Å². The van der Waals surface area contributed by atoms with Crippen molar-refractivity contribution in [3.8, 4) is 0 Å². The number of rotatable bonds is 8. The summed E-state index contributed by atoms with van der Waals surface area (Å²) in [6.07, 6.45) is 3.77. The van der Waals surface area contributed by atoms with Gasteiger partial charge in [-0.05, 0) is 50.5 Å². The molecule has 1 aromatic rings. The summed E-state index contributed by atoms with van der Waals surface area (Å²) in [5, 5.41) is 3.55. The molecule has 108 valence electrons. The van der Waals surface area contributed by atoms with Crippen molar-refractivity contribution in [1.29, 1.82) is 0 Å². The Morgan fingerprint density at radius 3 is 2.53 bits per heavy atom. The Kier molecular flexibility index (Phi) is 7.03. The quantitative estimate of drug-likeness (QED) is 0.781. The van der Waals surface area contributed by atoms with E-state index in [4.69, 9.17) is 0 Å². The Balaban J connectivity index is 2.36. The molecular formula is C16H29N3. The highest BCUT2D eigenvalue weighted by molar-refractivity contribution is 5.08. The van der Waals surface area contributed by atoms with Crippen molar-refractivity contribution in [2.75, 3.05) is 20.1 Å². The van der Waals surface area contributed by atoms with E-state index in [1.54, 1.807) is 0 Å². The van der Waals surface area contributed by atoms with Gasteiger partial charge in [0.05, 0.1) is 0 Å². The first kappa shape index (κ1) is 16.1. The summed E-state index contributed by atoms with van der Waals surface area (Å²) in [6, 6.07) is 4.69. The van der Waals surface area contributed by atoms with Gasteiger partial charge in [-0.15, -0.1) is 0 Å². The molecule has 2 atom stereocenters. The molecular weight excluding hydrogens is 234 g/mol. The summed E-state index contributed by atoms with van der Waals surface area (Å²) in [7, 11) is 2.19. The molecule has 0 aromatic carbocycles. The fraction of sp³-hybridized carbons (Fsp3) is 0.688. The number of hydrogen-bond acceptors (Lipinski definition) is 3. The van der Waals surface area contributed by atoms with E-state index in [2.05, 4.69) is 56.0 Å². The standard InChI is InChI=1S/C16H29N3/c1-13(2)9-18-10-14(3)15(4)19(5)12-16-7-6-8-17-11-16/h6-8,11,13-15,18H,9-10,12H2,1-5H3. The molecule has 0 radical (unpaired) electrons. The van der Waals surface area contributed by atoms with Gasteiger partial charge in [0.2, 0.25) is 0 Å². The van der Waals surface area contributed by atoms with Crippen LogP contribution in [0.15, 0.2) is 24.5 Å². The Morgan fingerprint density at radius 1 is 1.21 bits per heavy atom. The first-order valence-corrected chi connectivity index (χ1v) is 7.30. The SMILES string of the molecule is CC(C)CNCC(C)C(C)N(C)Cc1cccnc1. The number of nitrogens with one attached hydrogen (secondary N) is 1. The van der Waals surface area contributed by atoms with E-state index >= 15 is 0 Å². The number of aromatic nitrogens is 1. The first-order chi connectivity index (χ1) is 9.00. The normalized spacial score (nSPS) is 14.9. The molecule has 1 rings (SSSR count). The second kappa shape index (κ2) is 8.28. The van der Waals surface area contributed by atoms with Gasteiger partial charge in [0.1, 0.15) is 0 Å². The Bertz CT molecular complexity index is 337. The fourth-order valence-electron chi connectivity index (χ4n) is 2.13. The van der Waals surface area contributed by atoms with Gasteiger partial charge in [0.15, 0.2) is 0 Å². The van der Waals surface area contributed by atoms with Gasteiger partial charge < -0.3 is 5.32 Å². The second-order valence-corrected chi connectivity index (χ2v) is 6.05. The van der Waals surface area contributed by atoms with Crippen molar-refractivity contribution >= 4 is 0 Å². The molecule has 0 amide bonds. The van der Waals surface area contributed by atoms with Crippen LogP contribution < -0.4 is 5.32 Å². The Hall–Kier alpha value is -0.930. The predicted molar refractivity (Wildman–Crippen MR) is 82.0 cm³/mol. The van der Waals surface area contributed by atoms with Crippen LogP contribution in [0.1, 0.15) is 33.3 Å². The van der Waals surface area contributed by atoms with E-state index in [-0.39, 0.29) is 0 Å². The van der Waals surface area contributed by atoms with Crippen molar-refractivity contribution in [3.63, 3.8) is 0 Å². The molecule has 0 aliphatic carbocycles. The third-order valence-electron chi connectivity index (χ3n) is 3.69. The van der Waals surface area contributed by atoms with Crippen LogP contribution in [0, 0.1) is 11.8 Å². The average molecular weight is 263 g/mol. The molecule has 2 unspecified atom stereocenters. The molecule has 0 aliphatic rings. The number of hydrogen-bond donors (Lipinski definition) is 1. The maximum absolute atomic E-state index is 4.17. The minimum Gasteiger partial charge on any atom is -0.316 e. The predicted octanol–water partition coefficient (Wildman–Crippen LogP) is 2.78. The smallest absolute Gasteiger partial charge is 0.0312 e. The molecule has 0 aliphatic heterocycles. The lowest BCUT2D eigenvalue weighted by molar-refractivity contribution is 0.188. The maximum Gasteiger partial charge on any atom is 0.0312 e. The van der Waals surface area contributed by atoms with Crippen molar-refractivity contribution < 1.29 is 0 Å². The van der Waals surface area contributed by atoms with Crippen LogP contribution in [0.5, 0.6) is 0 Å². The summed E-state index contributed by atoms with van der Waals surface area (Å²) in [5.41, 5.74) is 1.28. The van der Waals surface area contributed by atoms with Crippen LogP contribution in [-0.2, 0) is 6.54 Å². The van der Waals surface area contributed by atoms with E-state index in [0.29, 0.717) is 12.0 Å². The molecule has 0 saturated carbocycles. The van der Waals surface area contributed by atoms with Crippen LogP contribution in [0.4, 0.5) is 0 Å². The highest BCUT2D eigenvalue weighted by atomic mass is 15.1. The average Bonchev–Trinajstić information content (AvgIpc) is 2.38. The van der Waals surface area contributed by atoms with E-state index in [1.165, 1.54) is 5.56 Å². The van der Waals surface area contributed by atoms with E-state index in [0.717, 1.165) is 25.6 Å². The molecule has 3 heteroatoms. The van der Waals surface area contributed by atoms with Crippen LogP contribution in [0.25, 0.3) is 0 Å². The van der Waals surface area contributed by atoms with Crippen molar-refractivity contribution in [2.45, 2.75) is 40.3 Å². The molecule has 0 saturated heterocycles. The van der Waals surface area contributed by atoms with Crippen molar-refractivity contribution in [1.82, 2.24) is 15.2 Å². The molecule has 0 spiro atoms. The lowest BCUT2D eigenvalue weighted by atomic mass is 10.0. The molecule has 0 fully saturated rings. The highest BCUT2D eigenvalue weighted by Gasteiger charge is 2.16. The summed E-state index contributed by atoms with van der Waals surface area (Å²) in [4.78, 5) is 6.57. The van der Waals surface area contributed by atoms with Crippen molar-refractivity contribution in [3.05, 3.63) is 30.1 Å². The molecule has 19 heavy (non-hydrogen) atoms. The topological polar surface area (TPSA) is 28.2 Å².